The van der Waals surface area contributed by atoms with Gasteiger partial charge in [-0.15, -0.1) is 0 Å². The second-order valence-corrected chi connectivity index (χ2v) is 9.60. The van der Waals surface area contributed by atoms with Crippen LogP contribution in [0.3, 0.4) is 0 Å². The first-order chi connectivity index (χ1) is 21.2. The lowest BCUT2D eigenvalue weighted by Gasteiger charge is -2.35. The number of carbonyl (C=O) groups is 1. The Hall–Kier alpha value is -5.56. The summed E-state index contributed by atoms with van der Waals surface area (Å²) in [5.41, 5.74) is 5.32. The maximum absolute atomic E-state index is 10.6. The summed E-state index contributed by atoms with van der Waals surface area (Å²) in [7, 11) is 1.62. The molecule has 0 spiro atoms. The number of nitrogens with zero attached hydrogens (tertiary/aromatic N) is 9. The number of H-pyrrole nitrogens is 1. The molecule has 226 valence electrons. The first kappa shape index (κ1) is 29.9. The summed E-state index contributed by atoms with van der Waals surface area (Å²) in [6.45, 7) is 4.50. The van der Waals surface area contributed by atoms with Gasteiger partial charge in [0, 0.05) is 68.5 Å². The Morgan fingerprint density at radius 2 is 1.84 bits per heavy atom. The number of methoxy groups -OCH3 is 1. The Labute approximate surface area is 248 Å². The predicted molar refractivity (Wildman–Crippen MR) is 150 cm³/mol. The topological polar surface area (TPSA) is 161 Å². The van der Waals surface area contributed by atoms with Crippen molar-refractivity contribution >= 4 is 17.3 Å². The van der Waals surface area contributed by atoms with E-state index in [2.05, 4.69) is 42.2 Å². The highest BCUT2D eigenvalue weighted by Crippen LogP contribution is 2.29. The molecule has 16 heteroatoms. The molecule has 1 aliphatic heterocycles. The summed E-state index contributed by atoms with van der Waals surface area (Å²) in [5.74, 6) is -1.21. The zero-order chi connectivity index (χ0) is 31.3. The van der Waals surface area contributed by atoms with Crippen LogP contribution in [0.5, 0.6) is 5.88 Å². The maximum atomic E-state index is 10.6. The highest BCUT2D eigenvalue weighted by atomic mass is 19.4. The molecule has 13 nitrogen and oxygen atoms in total. The van der Waals surface area contributed by atoms with Gasteiger partial charge in [0.25, 0.3) is 0 Å². The number of nitrogens with one attached hydrogen (secondary N) is 1. The minimum absolute atomic E-state index is 0.466. The number of hydrogen-bond donors (Lipinski definition) is 2. The van der Waals surface area contributed by atoms with Crippen molar-refractivity contribution in [3.63, 3.8) is 0 Å². The minimum Gasteiger partial charge on any atom is -0.481 e. The lowest BCUT2D eigenvalue weighted by atomic mass is 10.1. The molecule has 44 heavy (non-hydrogen) atoms. The van der Waals surface area contributed by atoms with Crippen molar-refractivity contribution in [1.82, 2.24) is 39.7 Å². The molecule has 1 fully saturated rings. The van der Waals surface area contributed by atoms with Gasteiger partial charge in [-0.1, -0.05) is 6.07 Å². The average Bonchev–Trinajstić information content (AvgIpc) is 3.72. The molecule has 0 amide bonds. The van der Waals surface area contributed by atoms with Crippen LogP contribution in [-0.4, -0.2) is 90.2 Å². The number of aliphatic carboxylic acids is 1. The van der Waals surface area contributed by atoms with Gasteiger partial charge in [-0.05, 0) is 17.7 Å². The standard InChI is InChI=1S/C26H24N10O.C2HF3O2/c1-37-24-5-2-18(11-29-24)16-34-6-8-35(9-7-34)23-4-3-19(12-28-23)25-26-20(10-27)15-32-36(26)17-22(33-25)21-13-30-31-14-21;3-2(4,5)1(6)7/h2-5,11-15,17H,6-9,16H2,1H3,(H,30,31);(H,6,7). The fraction of sp³-hybridized carbons (Fsp3) is 0.250. The summed E-state index contributed by atoms with van der Waals surface area (Å²) in [6.07, 6.45) is 5.45. The maximum Gasteiger partial charge on any atom is 0.490 e. The monoisotopic (exact) mass is 606 g/mol. The molecule has 5 aromatic rings. The van der Waals surface area contributed by atoms with E-state index in [0.717, 1.165) is 49.7 Å². The number of pyridine rings is 2. The van der Waals surface area contributed by atoms with Crippen molar-refractivity contribution in [2.75, 3.05) is 38.2 Å². The van der Waals surface area contributed by atoms with Crippen molar-refractivity contribution < 1.29 is 27.8 Å². The smallest absolute Gasteiger partial charge is 0.481 e. The number of carboxylic acids is 1. The number of anilines is 1. The fourth-order valence-corrected chi connectivity index (χ4v) is 4.56. The van der Waals surface area contributed by atoms with Gasteiger partial charge in [-0.25, -0.2) is 24.3 Å². The molecule has 6 heterocycles. The van der Waals surface area contributed by atoms with Crippen LogP contribution in [-0.2, 0) is 11.3 Å². The van der Waals surface area contributed by atoms with Crippen molar-refractivity contribution in [1.29, 1.82) is 5.26 Å². The molecule has 1 saturated heterocycles. The van der Waals surface area contributed by atoms with Crippen LogP contribution < -0.4 is 9.64 Å². The predicted octanol–water partition coefficient (Wildman–Crippen LogP) is 3.41. The number of aromatic nitrogens is 7. The van der Waals surface area contributed by atoms with E-state index in [0.29, 0.717) is 28.3 Å². The molecule has 0 bridgehead atoms. The highest BCUT2D eigenvalue weighted by Gasteiger charge is 2.38. The number of fused-ring (bicyclic) bond motifs is 1. The summed E-state index contributed by atoms with van der Waals surface area (Å²) in [4.78, 5) is 27.5. The van der Waals surface area contributed by atoms with Crippen molar-refractivity contribution in [3.8, 4) is 34.5 Å². The molecule has 0 atom stereocenters. The number of alkyl halides is 3. The summed E-state index contributed by atoms with van der Waals surface area (Å²) >= 11 is 0. The van der Waals surface area contributed by atoms with Gasteiger partial charge in [0.2, 0.25) is 5.88 Å². The Bertz CT molecular complexity index is 1760. The zero-order valence-electron chi connectivity index (χ0n) is 23.2. The van der Waals surface area contributed by atoms with E-state index in [-0.39, 0.29) is 0 Å². The van der Waals surface area contributed by atoms with E-state index < -0.39 is 12.1 Å². The van der Waals surface area contributed by atoms with Gasteiger partial charge in [-0.3, -0.25) is 10.00 Å². The van der Waals surface area contributed by atoms with E-state index in [4.69, 9.17) is 24.6 Å². The molecule has 6 rings (SSSR count). The third kappa shape index (κ3) is 6.73. The third-order valence-electron chi connectivity index (χ3n) is 6.78. The average molecular weight is 607 g/mol. The second kappa shape index (κ2) is 12.8. The summed E-state index contributed by atoms with van der Waals surface area (Å²) < 4.78 is 38.6. The van der Waals surface area contributed by atoms with Crippen LogP contribution in [0.4, 0.5) is 19.0 Å². The molecular weight excluding hydrogens is 581 g/mol. The molecule has 0 saturated carbocycles. The van der Waals surface area contributed by atoms with E-state index >= 15 is 0 Å². The molecule has 5 aromatic heterocycles. The lowest BCUT2D eigenvalue weighted by molar-refractivity contribution is -0.192. The fourth-order valence-electron chi connectivity index (χ4n) is 4.56. The van der Waals surface area contributed by atoms with Gasteiger partial charge in [0.05, 0.1) is 37.1 Å². The summed E-state index contributed by atoms with van der Waals surface area (Å²) in [5, 5.41) is 27.9. The molecule has 0 aromatic carbocycles. The quantitative estimate of drug-likeness (QED) is 0.291. The Morgan fingerprint density at radius 1 is 1.07 bits per heavy atom. The van der Waals surface area contributed by atoms with Crippen LogP contribution in [0.15, 0.2) is 61.4 Å². The van der Waals surface area contributed by atoms with Gasteiger partial charge in [0.1, 0.15) is 23.0 Å². The minimum atomic E-state index is -5.08. The van der Waals surface area contributed by atoms with Crippen molar-refractivity contribution in [2.45, 2.75) is 12.7 Å². The van der Waals surface area contributed by atoms with E-state index in [1.165, 1.54) is 5.56 Å². The zero-order valence-corrected chi connectivity index (χ0v) is 23.2. The number of carboxylic acid groups (broad SMARTS) is 1. The largest absolute Gasteiger partial charge is 0.490 e. The number of ether oxygens (including phenoxy) is 1. The van der Waals surface area contributed by atoms with Crippen LogP contribution in [0.25, 0.3) is 28.0 Å². The Kier molecular flexibility index (Phi) is 8.67. The number of aromatic amines is 1. The van der Waals surface area contributed by atoms with Crippen molar-refractivity contribution in [2.24, 2.45) is 0 Å². The second-order valence-electron chi connectivity index (χ2n) is 9.60. The van der Waals surface area contributed by atoms with E-state index in [1.54, 1.807) is 36.4 Å². The highest BCUT2D eigenvalue weighted by molar-refractivity contribution is 5.83. The normalized spacial score (nSPS) is 13.7. The van der Waals surface area contributed by atoms with Gasteiger partial charge < -0.3 is 14.7 Å². The van der Waals surface area contributed by atoms with Gasteiger partial charge >= 0.3 is 12.1 Å². The van der Waals surface area contributed by atoms with Crippen molar-refractivity contribution in [3.05, 3.63) is 72.6 Å². The molecule has 0 aliphatic carbocycles. The van der Waals surface area contributed by atoms with Crippen LogP contribution in [0.1, 0.15) is 11.1 Å². The number of halogens is 3. The number of rotatable bonds is 6. The van der Waals surface area contributed by atoms with E-state index in [9.17, 15) is 18.4 Å². The van der Waals surface area contributed by atoms with E-state index in [1.807, 2.05) is 30.6 Å². The number of piperazine rings is 1. The Balaban J connectivity index is 0.000000493. The van der Waals surface area contributed by atoms with Crippen LogP contribution >= 0.6 is 0 Å². The third-order valence-corrected chi connectivity index (χ3v) is 6.78. The van der Waals surface area contributed by atoms with Crippen LogP contribution in [0, 0.1) is 11.3 Å². The first-order valence-corrected chi connectivity index (χ1v) is 13.2. The SMILES string of the molecule is COc1ccc(CN2CCN(c3ccc(-c4nc(-c5cn[nH]c5)cn5ncc(C#N)c45)cn3)CC2)cn1.O=C(O)C(F)(F)F. The number of nitriles is 1. The lowest BCUT2D eigenvalue weighted by Crippen LogP contribution is -2.46. The molecule has 1 aliphatic rings. The number of hydrogen-bond acceptors (Lipinski definition) is 10. The first-order valence-electron chi connectivity index (χ1n) is 13.2. The molecular formula is C28H25F3N10O3. The summed E-state index contributed by atoms with van der Waals surface area (Å²) in [6, 6.07) is 10.2. The molecule has 0 radical (unpaired) electrons. The van der Waals surface area contributed by atoms with Gasteiger partial charge in [0.15, 0.2) is 0 Å². The molecule has 2 N–H and O–H groups in total. The Morgan fingerprint density at radius 3 is 2.41 bits per heavy atom. The van der Waals surface area contributed by atoms with Crippen LogP contribution in [0.2, 0.25) is 0 Å². The van der Waals surface area contributed by atoms with Gasteiger partial charge in [-0.2, -0.15) is 28.6 Å². The molecule has 0 unspecified atom stereocenters.